The monoisotopic (exact) mass is 410 g/mol. The van der Waals surface area contributed by atoms with E-state index >= 15 is 0 Å². The molecule has 30 heavy (non-hydrogen) atoms. The largest absolute Gasteiger partial charge is 0.341 e. The zero-order valence-corrected chi connectivity index (χ0v) is 17.6. The van der Waals surface area contributed by atoms with Crippen LogP contribution in [-0.4, -0.2) is 37.8 Å². The van der Waals surface area contributed by atoms with Gasteiger partial charge in [0.05, 0.1) is 6.54 Å². The Hall–Kier alpha value is -2.53. The fourth-order valence-corrected chi connectivity index (χ4v) is 4.46. The van der Waals surface area contributed by atoms with Crippen molar-refractivity contribution in [1.82, 2.24) is 18.7 Å². The van der Waals surface area contributed by atoms with Crippen LogP contribution in [0.25, 0.3) is 11.2 Å². The lowest BCUT2D eigenvalue weighted by molar-refractivity contribution is 0.496. The summed E-state index contributed by atoms with van der Waals surface area (Å²) in [6.45, 7) is 4.87. The molecule has 0 spiro atoms. The highest BCUT2D eigenvalue weighted by Crippen LogP contribution is 2.32. The molecule has 2 N–H and O–H groups in total. The maximum atomic E-state index is 13.5. The molecule has 3 heterocycles. The predicted octanol–water partition coefficient (Wildman–Crippen LogP) is 1.13. The van der Waals surface area contributed by atoms with E-state index in [1.807, 2.05) is 4.57 Å². The van der Waals surface area contributed by atoms with Crippen molar-refractivity contribution in [2.75, 3.05) is 18.0 Å². The summed E-state index contributed by atoms with van der Waals surface area (Å²) in [7, 11) is 0. The number of rotatable bonds is 6. The Morgan fingerprint density at radius 1 is 1.03 bits per heavy atom. The van der Waals surface area contributed by atoms with Crippen LogP contribution in [0.15, 0.2) is 9.59 Å². The first-order valence-electron chi connectivity index (χ1n) is 11.2. The van der Waals surface area contributed by atoms with Crippen LogP contribution in [0.1, 0.15) is 45.4 Å². The maximum Gasteiger partial charge on any atom is 0.332 e. The van der Waals surface area contributed by atoms with Crippen LogP contribution in [-0.2, 0) is 19.6 Å². The fourth-order valence-electron chi connectivity index (χ4n) is 4.46. The van der Waals surface area contributed by atoms with Gasteiger partial charge in [-0.1, -0.05) is 5.92 Å². The van der Waals surface area contributed by atoms with E-state index in [4.69, 9.17) is 10.7 Å². The number of aromatic nitrogens is 4. The molecule has 160 valence electrons. The Labute approximate surface area is 175 Å². The molecule has 2 aromatic heterocycles. The number of nitrogens with two attached hydrogens (primary N) is 1. The van der Waals surface area contributed by atoms with Crippen molar-refractivity contribution in [2.24, 2.45) is 17.6 Å². The molecule has 2 aromatic rings. The van der Waals surface area contributed by atoms with E-state index in [-0.39, 0.29) is 17.3 Å². The molecule has 8 nitrogen and oxygen atoms in total. The summed E-state index contributed by atoms with van der Waals surface area (Å²) < 4.78 is 5.12. The second-order valence-electron chi connectivity index (χ2n) is 9.14. The Morgan fingerprint density at radius 3 is 2.37 bits per heavy atom. The molecule has 1 aliphatic heterocycles. The summed E-state index contributed by atoms with van der Waals surface area (Å²) in [4.78, 5) is 33.8. The standard InChI is InChI=1S/C22H30N6O2/c1-2-3-11-26-18-19(24-21(26)25-10-4-5-17(23)14-25)27(12-15-6-7-15)22(30)28(20(18)29)13-16-8-9-16/h15-17H,4-14,23H2,1H3/t17-/m1/s1. The van der Waals surface area contributed by atoms with Crippen molar-refractivity contribution in [3.63, 3.8) is 0 Å². The second kappa shape index (κ2) is 7.62. The van der Waals surface area contributed by atoms with Crippen LogP contribution in [0.3, 0.4) is 0 Å². The lowest BCUT2D eigenvalue weighted by Gasteiger charge is -2.31. The number of hydrogen-bond acceptors (Lipinski definition) is 5. The molecule has 2 saturated carbocycles. The summed E-state index contributed by atoms with van der Waals surface area (Å²) in [5.41, 5.74) is 6.80. The van der Waals surface area contributed by atoms with Gasteiger partial charge in [-0.25, -0.2) is 4.79 Å². The molecule has 0 unspecified atom stereocenters. The third-order valence-electron chi connectivity index (χ3n) is 6.52. The van der Waals surface area contributed by atoms with Gasteiger partial charge in [0.1, 0.15) is 0 Å². The number of nitrogens with zero attached hydrogens (tertiary/aromatic N) is 5. The van der Waals surface area contributed by atoms with Crippen LogP contribution in [0.4, 0.5) is 5.95 Å². The van der Waals surface area contributed by atoms with E-state index in [1.165, 1.54) is 4.57 Å². The minimum atomic E-state index is -0.230. The quantitative estimate of drug-likeness (QED) is 0.721. The van der Waals surface area contributed by atoms with Crippen molar-refractivity contribution < 1.29 is 0 Å². The van der Waals surface area contributed by atoms with Crippen LogP contribution >= 0.6 is 0 Å². The van der Waals surface area contributed by atoms with Gasteiger partial charge in [0.25, 0.3) is 5.56 Å². The van der Waals surface area contributed by atoms with Crippen molar-refractivity contribution in [2.45, 2.75) is 71.1 Å². The van der Waals surface area contributed by atoms with Crippen LogP contribution in [0.2, 0.25) is 0 Å². The Balaban J connectivity index is 1.73. The zero-order chi connectivity index (χ0) is 20.8. The first-order chi connectivity index (χ1) is 14.6. The van der Waals surface area contributed by atoms with Crippen molar-refractivity contribution >= 4 is 17.1 Å². The first kappa shape index (κ1) is 19.4. The van der Waals surface area contributed by atoms with E-state index in [0.29, 0.717) is 55.1 Å². The van der Waals surface area contributed by atoms with Gasteiger partial charge in [-0.15, -0.1) is 5.92 Å². The van der Waals surface area contributed by atoms with Crippen molar-refractivity contribution in [3.8, 4) is 11.8 Å². The summed E-state index contributed by atoms with van der Waals surface area (Å²) >= 11 is 0. The maximum absolute atomic E-state index is 13.5. The molecule has 1 atom stereocenters. The van der Waals surface area contributed by atoms with E-state index in [2.05, 4.69) is 16.7 Å². The summed E-state index contributed by atoms with van der Waals surface area (Å²) in [5.74, 6) is 7.69. The molecule has 0 radical (unpaired) electrons. The molecule has 2 aliphatic carbocycles. The van der Waals surface area contributed by atoms with Crippen LogP contribution < -0.4 is 21.9 Å². The lowest BCUT2D eigenvalue weighted by Crippen LogP contribution is -2.44. The van der Waals surface area contributed by atoms with Crippen molar-refractivity contribution in [3.05, 3.63) is 20.8 Å². The fraction of sp³-hybridized carbons (Fsp3) is 0.682. The molecule has 5 rings (SSSR count). The van der Waals surface area contributed by atoms with Gasteiger partial charge >= 0.3 is 5.69 Å². The van der Waals surface area contributed by atoms with Gasteiger partial charge in [-0.3, -0.25) is 18.5 Å². The SMILES string of the molecule is CC#CCn1c(N2CCC[C@@H](N)C2)nc2c1c(=O)n(CC1CC1)c(=O)n2CC1CC1. The number of fused-ring (bicyclic) bond motifs is 1. The second-order valence-corrected chi connectivity index (χ2v) is 9.14. The molecule has 0 aromatic carbocycles. The molecule has 8 heteroatoms. The molecular formula is C22H30N6O2. The molecule has 0 amide bonds. The van der Waals surface area contributed by atoms with Crippen molar-refractivity contribution in [1.29, 1.82) is 0 Å². The molecule has 1 saturated heterocycles. The highest BCUT2D eigenvalue weighted by molar-refractivity contribution is 5.75. The topological polar surface area (TPSA) is 91.1 Å². The highest BCUT2D eigenvalue weighted by Gasteiger charge is 2.31. The summed E-state index contributed by atoms with van der Waals surface area (Å²) in [6, 6.07) is 0.0875. The van der Waals surface area contributed by atoms with Gasteiger partial charge < -0.3 is 10.6 Å². The minimum Gasteiger partial charge on any atom is -0.341 e. The Kier molecular flexibility index (Phi) is 4.94. The predicted molar refractivity (Wildman–Crippen MR) is 117 cm³/mol. The van der Waals surface area contributed by atoms with E-state index in [9.17, 15) is 9.59 Å². The molecular weight excluding hydrogens is 380 g/mol. The zero-order valence-electron chi connectivity index (χ0n) is 17.6. The third-order valence-corrected chi connectivity index (χ3v) is 6.52. The average molecular weight is 411 g/mol. The number of hydrogen-bond donors (Lipinski definition) is 1. The van der Waals surface area contributed by atoms with E-state index in [0.717, 1.165) is 45.1 Å². The number of anilines is 1. The van der Waals surface area contributed by atoms with Gasteiger partial charge in [-0.2, -0.15) is 4.98 Å². The summed E-state index contributed by atoms with van der Waals surface area (Å²) in [6.07, 6.45) is 6.42. The number of imidazole rings is 1. The lowest BCUT2D eigenvalue weighted by atomic mass is 10.1. The number of piperidine rings is 1. The highest BCUT2D eigenvalue weighted by atomic mass is 16.2. The minimum absolute atomic E-state index is 0.0875. The summed E-state index contributed by atoms with van der Waals surface area (Å²) in [5, 5.41) is 0. The van der Waals surface area contributed by atoms with Gasteiger partial charge in [-0.05, 0) is 57.3 Å². The Morgan fingerprint density at radius 2 is 1.73 bits per heavy atom. The first-order valence-corrected chi connectivity index (χ1v) is 11.2. The van der Waals surface area contributed by atoms with Gasteiger partial charge in [0.2, 0.25) is 5.95 Å². The van der Waals surface area contributed by atoms with Gasteiger partial charge in [0, 0.05) is 32.2 Å². The molecule has 0 bridgehead atoms. The Bertz CT molecular complexity index is 1140. The van der Waals surface area contributed by atoms with Crippen LogP contribution in [0.5, 0.6) is 0 Å². The van der Waals surface area contributed by atoms with E-state index < -0.39 is 0 Å². The normalized spacial score (nSPS) is 21.7. The smallest absolute Gasteiger partial charge is 0.332 e. The van der Waals surface area contributed by atoms with Gasteiger partial charge in [0.15, 0.2) is 11.2 Å². The molecule has 3 fully saturated rings. The average Bonchev–Trinajstić information content (AvgIpc) is 3.66. The molecule has 3 aliphatic rings. The van der Waals surface area contributed by atoms with E-state index in [1.54, 1.807) is 11.5 Å². The van der Waals surface area contributed by atoms with Crippen LogP contribution in [0, 0.1) is 23.7 Å². The third kappa shape index (κ3) is 3.56.